The fourth-order valence-electron chi connectivity index (χ4n) is 4.49. The number of aryl methyl sites for hydroxylation is 1. The Bertz CT molecular complexity index is 1310. The number of anilines is 1. The van der Waals surface area contributed by atoms with Crippen molar-refractivity contribution < 1.29 is 17.9 Å². The second-order valence-corrected chi connectivity index (χ2v) is 8.43. The van der Waals surface area contributed by atoms with Gasteiger partial charge < -0.3 is 10.1 Å². The van der Waals surface area contributed by atoms with Crippen LogP contribution in [0.2, 0.25) is 0 Å². The number of hydrogen-bond acceptors (Lipinski definition) is 6. The summed E-state index contributed by atoms with van der Waals surface area (Å²) in [5.41, 5.74) is 1.68. The van der Waals surface area contributed by atoms with E-state index in [0.29, 0.717) is 12.8 Å². The lowest BCUT2D eigenvalue weighted by molar-refractivity contribution is -0.143. The third-order valence-electron chi connectivity index (χ3n) is 6.15. The van der Waals surface area contributed by atoms with Crippen molar-refractivity contribution >= 4 is 16.7 Å². The zero-order chi connectivity index (χ0) is 23.9. The van der Waals surface area contributed by atoms with Gasteiger partial charge in [0.1, 0.15) is 11.5 Å². The molecule has 1 aliphatic rings. The maximum absolute atomic E-state index is 13.3. The highest BCUT2D eigenvalue weighted by Gasteiger charge is 2.37. The standard InChI is InChI=1S/C23H24F3N7O/c1-27-20-10-18-17(12-29-20)21(14-11-30-32(2)13-14)31-33(18)15-5-7-16(8-6-15)34-19-4-3-9-28-22(19)23(24,25)26/h3-4,9-13,15-16H,5-8H2,1-2H3,(H,27,29). The van der Waals surface area contributed by atoms with Crippen LogP contribution in [0, 0.1) is 0 Å². The highest BCUT2D eigenvalue weighted by Crippen LogP contribution is 2.39. The number of aromatic nitrogens is 6. The van der Waals surface area contributed by atoms with Gasteiger partial charge in [0.15, 0.2) is 11.4 Å². The number of alkyl halides is 3. The van der Waals surface area contributed by atoms with E-state index in [4.69, 9.17) is 9.84 Å². The van der Waals surface area contributed by atoms with Crippen LogP contribution in [0.3, 0.4) is 0 Å². The topological polar surface area (TPSA) is 82.7 Å². The molecule has 0 bridgehead atoms. The highest BCUT2D eigenvalue weighted by molar-refractivity contribution is 5.93. The molecule has 8 nitrogen and oxygen atoms in total. The first-order valence-corrected chi connectivity index (χ1v) is 11.1. The zero-order valence-electron chi connectivity index (χ0n) is 18.8. The van der Waals surface area contributed by atoms with E-state index in [9.17, 15) is 13.2 Å². The van der Waals surface area contributed by atoms with E-state index in [1.807, 2.05) is 37.2 Å². The fourth-order valence-corrected chi connectivity index (χ4v) is 4.49. The van der Waals surface area contributed by atoms with Gasteiger partial charge in [0.25, 0.3) is 0 Å². The lowest BCUT2D eigenvalue weighted by Gasteiger charge is -2.30. The SMILES string of the molecule is CNc1cc2c(cn1)c(-c1cnn(C)c1)nn2C1CCC(Oc2cccnc2C(F)(F)F)CC1. The minimum absolute atomic E-state index is 0.0934. The summed E-state index contributed by atoms with van der Waals surface area (Å²) in [4.78, 5) is 7.93. The number of nitrogens with zero attached hydrogens (tertiary/aromatic N) is 6. The largest absolute Gasteiger partial charge is 0.488 e. The summed E-state index contributed by atoms with van der Waals surface area (Å²) in [7, 11) is 3.67. The molecule has 5 rings (SSSR count). The maximum atomic E-state index is 13.3. The minimum atomic E-state index is -4.55. The summed E-state index contributed by atoms with van der Waals surface area (Å²) in [5, 5.41) is 13.2. The Hall–Kier alpha value is -3.63. The summed E-state index contributed by atoms with van der Waals surface area (Å²) in [6, 6.07) is 4.85. The van der Waals surface area contributed by atoms with Gasteiger partial charge in [-0.3, -0.25) is 9.36 Å². The van der Waals surface area contributed by atoms with Crippen LogP contribution in [-0.2, 0) is 13.2 Å². The highest BCUT2D eigenvalue weighted by atomic mass is 19.4. The van der Waals surface area contributed by atoms with Crippen molar-refractivity contribution in [2.45, 2.75) is 44.0 Å². The Balaban J connectivity index is 1.39. The van der Waals surface area contributed by atoms with Crippen molar-refractivity contribution in [2.24, 2.45) is 7.05 Å². The van der Waals surface area contributed by atoms with Gasteiger partial charge in [-0.05, 0) is 37.8 Å². The molecule has 1 N–H and O–H groups in total. The third kappa shape index (κ3) is 4.17. The average molecular weight is 471 g/mol. The molecule has 4 aromatic heterocycles. The van der Waals surface area contributed by atoms with E-state index >= 15 is 0 Å². The van der Waals surface area contributed by atoms with E-state index in [1.165, 1.54) is 12.1 Å². The Morgan fingerprint density at radius 3 is 2.59 bits per heavy atom. The Morgan fingerprint density at radius 2 is 1.91 bits per heavy atom. The van der Waals surface area contributed by atoms with Gasteiger partial charge in [0, 0.05) is 49.7 Å². The number of rotatable bonds is 5. The van der Waals surface area contributed by atoms with E-state index in [-0.39, 0.29) is 17.9 Å². The molecule has 4 heterocycles. The minimum Gasteiger partial charge on any atom is -0.488 e. The number of halogens is 3. The molecule has 4 aromatic rings. The van der Waals surface area contributed by atoms with Crippen molar-refractivity contribution in [3.63, 3.8) is 0 Å². The molecule has 0 saturated heterocycles. The average Bonchev–Trinajstić information content (AvgIpc) is 3.42. The van der Waals surface area contributed by atoms with Crippen LogP contribution < -0.4 is 10.1 Å². The Kier molecular flexibility index (Phi) is 5.62. The lowest BCUT2D eigenvalue weighted by Crippen LogP contribution is -2.27. The number of nitrogens with one attached hydrogen (secondary N) is 1. The van der Waals surface area contributed by atoms with Crippen molar-refractivity contribution in [2.75, 3.05) is 12.4 Å². The molecule has 0 radical (unpaired) electrons. The van der Waals surface area contributed by atoms with Crippen LogP contribution in [0.15, 0.2) is 43.0 Å². The summed E-state index contributed by atoms with van der Waals surface area (Å²) in [6.45, 7) is 0. The lowest BCUT2D eigenvalue weighted by atomic mass is 9.93. The van der Waals surface area contributed by atoms with Crippen molar-refractivity contribution in [3.05, 3.63) is 48.7 Å². The van der Waals surface area contributed by atoms with Crippen molar-refractivity contribution in [1.82, 2.24) is 29.5 Å². The van der Waals surface area contributed by atoms with E-state index < -0.39 is 11.9 Å². The fraction of sp³-hybridized carbons (Fsp3) is 0.391. The number of hydrogen-bond donors (Lipinski definition) is 1. The number of ether oxygens (including phenoxy) is 1. The summed E-state index contributed by atoms with van der Waals surface area (Å²) in [6.07, 6.45) is 4.45. The van der Waals surface area contributed by atoms with Gasteiger partial charge in [-0.2, -0.15) is 23.4 Å². The molecule has 1 fully saturated rings. The molecule has 0 spiro atoms. The molecule has 0 unspecified atom stereocenters. The third-order valence-corrected chi connectivity index (χ3v) is 6.15. The number of pyridine rings is 2. The summed E-state index contributed by atoms with van der Waals surface area (Å²) >= 11 is 0. The molecular formula is C23H24F3N7O. The molecular weight excluding hydrogens is 447 g/mol. The molecule has 1 saturated carbocycles. The van der Waals surface area contributed by atoms with E-state index in [1.54, 1.807) is 10.9 Å². The van der Waals surface area contributed by atoms with Crippen molar-refractivity contribution in [1.29, 1.82) is 0 Å². The molecule has 0 atom stereocenters. The monoisotopic (exact) mass is 471 g/mol. The molecule has 34 heavy (non-hydrogen) atoms. The smallest absolute Gasteiger partial charge is 0.437 e. The van der Waals surface area contributed by atoms with Crippen molar-refractivity contribution in [3.8, 4) is 17.0 Å². The van der Waals surface area contributed by atoms with Gasteiger partial charge in [0.2, 0.25) is 0 Å². The van der Waals surface area contributed by atoms with Gasteiger partial charge in [-0.15, -0.1) is 0 Å². The van der Waals surface area contributed by atoms with Crippen LogP contribution in [0.4, 0.5) is 19.0 Å². The first kappa shape index (κ1) is 22.2. The van der Waals surface area contributed by atoms with Crippen LogP contribution >= 0.6 is 0 Å². The maximum Gasteiger partial charge on any atom is 0.437 e. The Morgan fingerprint density at radius 1 is 1.12 bits per heavy atom. The summed E-state index contributed by atoms with van der Waals surface area (Å²) < 4.78 is 49.3. The van der Waals surface area contributed by atoms with Gasteiger partial charge in [-0.1, -0.05) is 0 Å². The van der Waals surface area contributed by atoms with Crippen LogP contribution in [0.1, 0.15) is 37.4 Å². The first-order valence-electron chi connectivity index (χ1n) is 11.1. The molecule has 178 valence electrons. The number of fused-ring (bicyclic) bond motifs is 1. The second-order valence-electron chi connectivity index (χ2n) is 8.43. The van der Waals surface area contributed by atoms with Gasteiger partial charge in [-0.25, -0.2) is 9.97 Å². The predicted molar refractivity (Wildman–Crippen MR) is 120 cm³/mol. The van der Waals surface area contributed by atoms with Crippen LogP contribution in [0.25, 0.3) is 22.2 Å². The van der Waals surface area contributed by atoms with Crippen LogP contribution in [0.5, 0.6) is 5.75 Å². The van der Waals surface area contributed by atoms with E-state index in [2.05, 4.69) is 20.4 Å². The molecule has 11 heteroatoms. The van der Waals surface area contributed by atoms with Gasteiger partial charge in [0.05, 0.1) is 23.9 Å². The summed E-state index contributed by atoms with van der Waals surface area (Å²) in [5.74, 6) is 0.520. The van der Waals surface area contributed by atoms with Crippen LogP contribution in [-0.4, -0.2) is 42.7 Å². The zero-order valence-corrected chi connectivity index (χ0v) is 18.8. The normalized spacial score (nSPS) is 18.9. The molecule has 0 amide bonds. The Labute approximate surface area is 193 Å². The predicted octanol–water partition coefficient (Wildman–Crippen LogP) is 4.85. The molecule has 0 aromatic carbocycles. The van der Waals surface area contributed by atoms with Gasteiger partial charge >= 0.3 is 6.18 Å². The quantitative estimate of drug-likeness (QED) is 0.448. The molecule has 0 aliphatic heterocycles. The second kappa shape index (κ2) is 8.62. The first-order chi connectivity index (χ1) is 16.3. The van der Waals surface area contributed by atoms with E-state index in [0.717, 1.165) is 47.0 Å². The molecule has 1 aliphatic carbocycles.